The van der Waals surface area contributed by atoms with E-state index in [-0.39, 0.29) is 12.8 Å². The first-order valence-corrected chi connectivity index (χ1v) is 7.37. The molecule has 6 heteroatoms. The summed E-state index contributed by atoms with van der Waals surface area (Å²) in [5.74, 6) is 0.0370. The van der Waals surface area contributed by atoms with E-state index in [4.69, 9.17) is 9.47 Å². The lowest BCUT2D eigenvalue weighted by Gasteiger charge is -2.44. The minimum atomic E-state index is -0.588. The van der Waals surface area contributed by atoms with Crippen molar-refractivity contribution in [2.24, 2.45) is 5.41 Å². The van der Waals surface area contributed by atoms with E-state index in [9.17, 15) is 9.59 Å². The Labute approximate surface area is 117 Å². The average molecular weight is 285 g/mol. The second-order valence-corrected chi connectivity index (χ2v) is 6.80. The normalized spacial score (nSPS) is 21.9. The minimum Gasteiger partial charge on any atom is -0.427 e. The molecule has 2 aliphatic rings. The number of fused-ring (bicyclic) bond motifs is 1. The fourth-order valence-electron chi connectivity index (χ4n) is 1.80. The van der Waals surface area contributed by atoms with E-state index in [0.717, 1.165) is 18.7 Å². The monoisotopic (exact) mass is 285 g/mol. The summed E-state index contributed by atoms with van der Waals surface area (Å²) in [7, 11) is 0. The van der Waals surface area contributed by atoms with Crippen molar-refractivity contribution in [1.29, 1.82) is 0 Å². The van der Waals surface area contributed by atoms with Crippen molar-refractivity contribution in [3.05, 3.63) is 11.8 Å². The molecule has 0 aromatic rings. The van der Waals surface area contributed by atoms with Crippen LogP contribution in [0.3, 0.4) is 0 Å². The van der Waals surface area contributed by atoms with Gasteiger partial charge in [0.2, 0.25) is 6.79 Å². The molecule has 0 spiro atoms. The van der Waals surface area contributed by atoms with Crippen LogP contribution in [0.4, 0.5) is 0 Å². The van der Waals surface area contributed by atoms with E-state index in [1.54, 1.807) is 20.8 Å². The third-order valence-electron chi connectivity index (χ3n) is 3.04. The van der Waals surface area contributed by atoms with E-state index in [0.29, 0.717) is 11.1 Å². The smallest absolute Gasteiger partial charge is 0.357 e. The predicted octanol–water partition coefficient (Wildman–Crippen LogP) is 1.74. The molecule has 2 aliphatic heterocycles. The SMILES string of the molecule is CC(C)(C)C(=O)OCOC(=O)C1=CCSC2CCN12. The van der Waals surface area contributed by atoms with E-state index >= 15 is 0 Å². The summed E-state index contributed by atoms with van der Waals surface area (Å²) in [6, 6.07) is 0. The number of rotatable bonds is 3. The molecular weight excluding hydrogens is 266 g/mol. The van der Waals surface area contributed by atoms with Crippen molar-refractivity contribution >= 4 is 23.7 Å². The summed E-state index contributed by atoms with van der Waals surface area (Å²) in [6.45, 7) is 5.83. The molecular formula is C13H19NO4S. The topological polar surface area (TPSA) is 55.8 Å². The van der Waals surface area contributed by atoms with Crippen molar-refractivity contribution in [2.45, 2.75) is 32.6 Å². The third-order valence-corrected chi connectivity index (χ3v) is 4.27. The molecule has 19 heavy (non-hydrogen) atoms. The van der Waals surface area contributed by atoms with Crippen LogP contribution in [0.1, 0.15) is 27.2 Å². The molecule has 1 fully saturated rings. The zero-order valence-corrected chi connectivity index (χ0v) is 12.3. The molecule has 5 nitrogen and oxygen atoms in total. The van der Waals surface area contributed by atoms with Crippen molar-refractivity contribution in [3.8, 4) is 0 Å². The van der Waals surface area contributed by atoms with Gasteiger partial charge in [-0.3, -0.25) is 4.79 Å². The molecule has 0 saturated carbocycles. The molecule has 0 N–H and O–H groups in total. The standard InChI is InChI=1S/C13H19NO4S/c1-13(2,3)12(16)18-8-17-11(15)9-5-7-19-10-4-6-14(9)10/h5,10H,4,6-8H2,1-3H3. The first kappa shape index (κ1) is 14.2. The molecule has 0 radical (unpaired) electrons. The van der Waals surface area contributed by atoms with Crippen LogP contribution in [0.15, 0.2) is 11.8 Å². The molecule has 0 aromatic heterocycles. The van der Waals surface area contributed by atoms with Crippen LogP contribution in [0, 0.1) is 5.41 Å². The van der Waals surface area contributed by atoms with Gasteiger partial charge in [-0.05, 0) is 33.3 Å². The molecule has 106 valence electrons. The van der Waals surface area contributed by atoms with Crippen molar-refractivity contribution in [2.75, 3.05) is 19.1 Å². The van der Waals surface area contributed by atoms with Gasteiger partial charge in [0.25, 0.3) is 0 Å². The zero-order chi connectivity index (χ0) is 14.0. The second-order valence-electron chi connectivity index (χ2n) is 5.59. The summed E-state index contributed by atoms with van der Waals surface area (Å²) >= 11 is 1.82. The van der Waals surface area contributed by atoms with Gasteiger partial charge < -0.3 is 14.4 Å². The molecule has 2 heterocycles. The van der Waals surface area contributed by atoms with E-state index in [1.165, 1.54) is 0 Å². The number of ether oxygens (including phenoxy) is 2. The van der Waals surface area contributed by atoms with Crippen LogP contribution in [-0.4, -0.2) is 41.3 Å². The summed E-state index contributed by atoms with van der Waals surface area (Å²) < 4.78 is 9.91. The Balaban J connectivity index is 1.79. The number of esters is 2. The van der Waals surface area contributed by atoms with Gasteiger partial charge in [-0.2, -0.15) is 0 Å². The average Bonchev–Trinajstić information content (AvgIpc) is 2.28. The number of hydrogen-bond donors (Lipinski definition) is 0. The highest BCUT2D eigenvalue weighted by Crippen LogP contribution is 2.35. The minimum absolute atomic E-state index is 0.322. The number of nitrogens with zero attached hydrogens (tertiary/aromatic N) is 1. The van der Waals surface area contributed by atoms with Gasteiger partial charge in [0.05, 0.1) is 10.8 Å². The Morgan fingerprint density at radius 1 is 1.42 bits per heavy atom. The zero-order valence-electron chi connectivity index (χ0n) is 11.5. The quantitative estimate of drug-likeness (QED) is 0.581. The van der Waals surface area contributed by atoms with Crippen LogP contribution in [-0.2, 0) is 19.1 Å². The fourth-order valence-corrected chi connectivity index (χ4v) is 2.94. The highest BCUT2D eigenvalue weighted by atomic mass is 32.2. The number of hydrogen-bond acceptors (Lipinski definition) is 6. The maximum absolute atomic E-state index is 11.9. The van der Waals surface area contributed by atoms with Gasteiger partial charge in [-0.1, -0.05) is 0 Å². The van der Waals surface area contributed by atoms with E-state index < -0.39 is 11.4 Å². The van der Waals surface area contributed by atoms with Crippen molar-refractivity contribution in [3.63, 3.8) is 0 Å². The van der Waals surface area contributed by atoms with Gasteiger partial charge in [0.1, 0.15) is 5.70 Å². The van der Waals surface area contributed by atoms with E-state index in [2.05, 4.69) is 0 Å². The van der Waals surface area contributed by atoms with Crippen LogP contribution in [0.25, 0.3) is 0 Å². The lowest BCUT2D eigenvalue weighted by atomic mass is 9.98. The number of carbonyl (C=O) groups is 2. The molecule has 1 atom stereocenters. The van der Waals surface area contributed by atoms with Crippen molar-refractivity contribution in [1.82, 2.24) is 4.90 Å². The Morgan fingerprint density at radius 3 is 2.74 bits per heavy atom. The largest absolute Gasteiger partial charge is 0.427 e. The molecule has 1 unspecified atom stereocenters. The molecule has 1 saturated heterocycles. The predicted molar refractivity (Wildman–Crippen MR) is 72.2 cm³/mol. The van der Waals surface area contributed by atoms with Crippen LogP contribution >= 0.6 is 11.8 Å². The first-order chi connectivity index (χ1) is 8.89. The molecule has 2 rings (SSSR count). The number of thioether (sulfide) groups is 1. The molecule has 0 bridgehead atoms. The maximum Gasteiger partial charge on any atom is 0.357 e. The lowest BCUT2D eigenvalue weighted by molar-refractivity contribution is -0.172. The van der Waals surface area contributed by atoms with Gasteiger partial charge in [-0.25, -0.2) is 4.79 Å². The maximum atomic E-state index is 11.9. The summed E-state index contributed by atoms with van der Waals surface area (Å²) in [4.78, 5) is 25.4. The lowest BCUT2D eigenvalue weighted by Crippen LogP contribution is -2.48. The highest BCUT2D eigenvalue weighted by Gasteiger charge is 2.36. The Kier molecular flexibility index (Phi) is 4.08. The van der Waals surface area contributed by atoms with E-state index in [1.807, 2.05) is 22.7 Å². The summed E-state index contributed by atoms with van der Waals surface area (Å²) in [6.07, 6.45) is 2.97. The molecule has 0 aliphatic carbocycles. The third kappa shape index (κ3) is 3.23. The van der Waals surface area contributed by atoms with Gasteiger partial charge in [-0.15, -0.1) is 11.8 Å². The summed E-state index contributed by atoms with van der Waals surface area (Å²) in [5, 5.41) is 0.407. The van der Waals surface area contributed by atoms with Crippen LogP contribution < -0.4 is 0 Å². The van der Waals surface area contributed by atoms with Crippen molar-refractivity contribution < 1.29 is 19.1 Å². The Hall–Kier alpha value is -1.17. The van der Waals surface area contributed by atoms with Crippen LogP contribution in [0.5, 0.6) is 0 Å². The first-order valence-electron chi connectivity index (χ1n) is 6.32. The Bertz CT molecular complexity index is 413. The fraction of sp³-hybridized carbons (Fsp3) is 0.692. The molecule has 0 aromatic carbocycles. The van der Waals surface area contributed by atoms with Gasteiger partial charge in [0.15, 0.2) is 0 Å². The van der Waals surface area contributed by atoms with Crippen LogP contribution in [0.2, 0.25) is 0 Å². The summed E-state index contributed by atoms with van der Waals surface area (Å²) in [5.41, 5.74) is 0.0113. The van der Waals surface area contributed by atoms with Gasteiger partial charge >= 0.3 is 11.9 Å². The molecule has 0 amide bonds. The Morgan fingerprint density at radius 2 is 2.16 bits per heavy atom. The number of carbonyl (C=O) groups excluding carboxylic acids is 2. The van der Waals surface area contributed by atoms with Gasteiger partial charge in [0, 0.05) is 12.3 Å². The second kappa shape index (κ2) is 5.45. The highest BCUT2D eigenvalue weighted by molar-refractivity contribution is 8.00.